The summed E-state index contributed by atoms with van der Waals surface area (Å²) in [6, 6.07) is 0. The quantitative estimate of drug-likeness (QED) is 0.493. The van der Waals surface area contributed by atoms with E-state index in [4.69, 9.17) is 0 Å². The van der Waals surface area contributed by atoms with Crippen LogP contribution in [-0.2, 0) is 9.74 Å². The molecule has 0 rings (SSSR count). The highest BCUT2D eigenvalue weighted by Gasteiger charge is 2.41. The molecule has 0 aliphatic rings. The summed E-state index contributed by atoms with van der Waals surface area (Å²) in [4.78, 5) is 21.2. The summed E-state index contributed by atoms with van der Waals surface area (Å²) in [6.45, 7) is -0.699. The van der Waals surface area contributed by atoms with Gasteiger partial charge in [0.05, 0.1) is 0 Å². The largest absolute Gasteiger partial charge is 0.417 e. The Kier molecular flexibility index (Phi) is 4.15. The monoisotopic (exact) mass is 201 g/mol. The van der Waals surface area contributed by atoms with E-state index < -0.39 is 36.2 Å². The maximum atomic E-state index is 12.3. The number of hydrogen-bond acceptors (Lipinski definition) is 4. The Morgan fingerprint density at radius 1 is 1.54 bits per heavy atom. The third kappa shape index (κ3) is 4.28. The van der Waals surface area contributed by atoms with E-state index in [1.165, 1.54) is 0 Å². The molecule has 0 N–H and O–H groups in total. The van der Waals surface area contributed by atoms with Crippen LogP contribution in [0.4, 0.5) is 13.3 Å². The van der Waals surface area contributed by atoms with Crippen LogP contribution >= 0.6 is 0 Å². The van der Waals surface area contributed by atoms with Crippen molar-refractivity contribution < 1.29 is 28.0 Å². The van der Waals surface area contributed by atoms with Crippen molar-refractivity contribution in [3.8, 4) is 0 Å². The van der Waals surface area contributed by atoms with Gasteiger partial charge in [0, 0.05) is 22.3 Å². The first-order valence-electron chi connectivity index (χ1n) is 3.23. The van der Waals surface area contributed by atoms with Crippen LogP contribution in [-0.4, -0.2) is 23.4 Å². The molecular weight excluding hydrogens is 195 g/mol. The number of alkyl halides is 2. The second-order valence-electron chi connectivity index (χ2n) is 2.23. The molecule has 0 fully saturated rings. The van der Waals surface area contributed by atoms with Crippen LogP contribution in [0.5, 0.6) is 0 Å². The molecule has 0 aromatic carbocycles. The van der Waals surface area contributed by atoms with Crippen LogP contribution < -0.4 is 0 Å². The Hall–Kier alpha value is -1.34. The van der Waals surface area contributed by atoms with Crippen molar-refractivity contribution in [3.63, 3.8) is 0 Å². The summed E-state index contributed by atoms with van der Waals surface area (Å²) in [5.41, 5.74) is 0. The summed E-state index contributed by atoms with van der Waals surface area (Å²) in [5, 5.41) is 9.69. The molecule has 0 aromatic heterocycles. The summed E-state index contributed by atoms with van der Waals surface area (Å²) < 4.78 is 35.7. The molecule has 0 amide bonds. The minimum absolute atomic E-state index is 0.519. The molecule has 0 aromatic rings. The minimum atomic E-state index is -4.00. The fourth-order valence-corrected chi connectivity index (χ4v) is 0.589. The number of nitrogens with zero attached hydrogens (tertiary/aromatic N) is 1. The van der Waals surface area contributed by atoms with Crippen LogP contribution in [0.1, 0.15) is 12.8 Å². The molecule has 0 bridgehead atoms. The van der Waals surface area contributed by atoms with Crippen molar-refractivity contribution in [2.75, 3.05) is 6.54 Å². The van der Waals surface area contributed by atoms with Crippen molar-refractivity contribution in [2.45, 2.75) is 18.8 Å². The smallest absolute Gasteiger partial charge is 0.265 e. The van der Waals surface area contributed by atoms with E-state index in [-0.39, 0.29) is 0 Å². The topological polar surface area (TPSA) is 69.4 Å². The normalized spacial score (nSPS) is 11.0. The second-order valence-corrected chi connectivity index (χ2v) is 2.23. The fourth-order valence-electron chi connectivity index (χ4n) is 0.589. The van der Waals surface area contributed by atoms with Gasteiger partial charge in [0.2, 0.25) is 6.54 Å². The molecule has 8 heteroatoms. The number of carbonyl (C=O) groups is 1. The predicted molar refractivity (Wildman–Crippen MR) is 33.2 cm³/mol. The van der Waals surface area contributed by atoms with Crippen molar-refractivity contribution >= 4 is 5.97 Å². The van der Waals surface area contributed by atoms with Gasteiger partial charge in [-0.05, 0) is 0 Å². The molecule has 0 atom stereocenters. The van der Waals surface area contributed by atoms with Crippen molar-refractivity contribution in [1.29, 1.82) is 0 Å². The summed E-state index contributed by atoms with van der Waals surface area (Å²) in [6.07, 6.45) is -1.62. The van der Waals surface area contributed by atoms with Crippen LogP contribution in [0.3, 0.4) is 0 Å². The highest BCUT2D eigenvalue weighted by Crippen LogP contribution is 2.22. The number of carbonyl (C=O) groups excluding carboxylic acids is 1. The van der Waals surface area contributed by atoms with E-state index >= 15 is 0 Å². The fraction of sp³-hybridized carbons (Fsp3) is 0.800. The Bertz CT molecular complexity index is 208. The molecule has 0 radical (unpaired) electrons. The number of halogens is 3. The first kappa shape index (κ1) is 11.7. The molecule has 5 nitrogen and oxygen atoms in total. The molecule has 0 spiro atoms. The average Bonchev–Trinajstić information content (AvgIpc) is 2.01. The van der Waals surface area contributed by atoms with Gasteiger partial charge in [0.15, 0.2) is 0 Å². The maximum absolute atomic E-state index is 12.3. The zero-order chi connectivity index (χ0) is 10.5. The lowest BCUT2D eigenvalue weighted by molar-refractivity contribution is -0.481. The minimum Gasteiger partial charge on any atom is -0.265 e. The number of rotatable bonds is 5. The van der Waals surface area contributed by atoms with Gasteiger partial charge in [-0.25, -0.2) is 9.74 Å². The zero-order valence-corrected chi connectivity index (χ0v) is 6.34. The molecule has 0 saturated heterocycles. The van der Waals surface area contributed by atoms with E-state index in [0.717, 1.165) is 0 Å². The molecular formula is C5H6F3NO4. The van der Waals surface area contributed by atoms with Gasteiger partial charge in [-0.1, -0.05) is 0 Å². The molecule has 0 aliphatic carbocycles. The Balaban J connectivity index is 3.89. The van der Waals surface area contributed by atoms with Gasteiger partial charge < -0.3 is 0 Å². The number of nitro groups is 1. The van der Waals surface area contributed by atoms with Gasteiger partial charge in [-0.2, -0.15) is 8.78 Å². The Morgan fingerprint density at radius 2 is 2.08 bits per heavy atom. The van der Waals surface area contributed by atoms with E-state index in [2.05, 4.69) is 4.94 Å². The Labute approximate surface area is 70.5 Å². The van der Waals surface area contributed by atoms with E-state index in [1.54, 1.807) is 0 Å². The maximum Gasteiger partial charge on any atom is 0.417 e. The Morgan fingerprint density at radius 3 is 2.46 bits per heavy atom. The summed E-state index contributed by atoms with van der Waals surface area (Å²) >= 11 is 0. The van der Waals surface area contributed by atoms with Gasteiger partial charge in [0.1, 0.15) is 0 Å². The molecule has 0 aliphatic heterocycles. The van der Waals surface area contributed by atoms with Gasteiger partial charge in [-0.15, -0.1) is 0 Å². The van der Waals surface area contributed by atoms with E-state index in [1.807, 2.05) is 0 Å². The highest BCUT2D eigenvalue weighted by atomic mass is 19.3. The molecule has 76 valence electrons. The van der Waals surface area contributed by atoms with E-state index in [9.17, 15) is 28.2 Å². The SMILES string of the molecule is O=C(OF)C(F)(F)CCC[N+](=O)[O-]. The summed E-state index contributed by atoms with van der Waals surface area (Å²) in [5.74, 6) is -6.32. The van der Waals surface area contributed by atoms with Gasteiger partial charge in [0.25, 0.3) is 0 Å². The van der Waals surface area contributed by atoms with Crippen LogP contribution in [0.15, 0.2) is 0 Å². The lowest BCUT2D eigenvalue weighted by Gasteiger charge is -2.08. The lowest BCUT2D eigenvalue weighted by Crippen LogP contribution is -2.29. The standard InChI is InChI=1S/C5H6F3NO4/c6-5(7,4(10)13-8)2-1-3-9(11)12/h1-3H2. The molecule has 0 unspecified atom stereocenters. The first-order valence-corrected chi connectivity index (χ1v) is 3.23. The average molecular weight is 201 g/mol. The predicted octanol–water partition coefficient (Wildman–Crippen LogP) is 1.11. The third-order valence-electron chi connectivity index (χ3n) is 1.20. The van der Waals surface area contributed by atoms with E-state index in [0.29, 0.717) is 0 Å². The van der Waals surface area contributed by atoms with Crippen molar-refractivity contribution in [2.24, 2.45) is 0 Å². The molecule has 0 saturated carbocycles. The third-order valence-corrected chi connectivity index (χ3v) is 1.20. The summed E-state index contributed by atoms with van der Waals surface area (Å²) in [7, 11) is 0. The molecule has 13 heavy (non-hydrogen) atoms. The first-order chi connectivity index (χ1) is 5.90. The van der Waals surface area contributed by atoms with Crippen LogP contribution in [0.2, 0.25) is 0 Å². The zero-order valence-electron chi connectivity index (χ0n) is 6.34. The highest BCUT2D eigenvalue weighted by molar-refractivity contribution is 5.76. The van der Waals surface area contributed by atoms with Gasteiger partial charge in [-0.3, -0.25) is 10.1 Å². The second kappa shape index (κ2) is 4.63. The van der Waals surface area contributed by atoms with Gasteiger partial charge >= 0.3 is 11.9 Å². The molecule has 0 heterocycles. The van der Waals surface area contributed by atoms with Crippen LogP contribution in [0.25, 0.3) is 0 Å². The van der Waals surface area contributed by atoms with Crippen molar-refractivity contribution in [1.82, 2.24) is 0 Å². The van der Waals surface area contributed by atoms with Crippen LogP contribution in [0, 0.1) is 10.1 Å². The number of hydrogen-bond donors (Lipinski definition) is 0. The lowest BCUT2D eigenvalue weighted by atomic mass is 10.2. The van der Waals surface area contributed by atoms with Crippen molar-refractivity contribution in [3.05, 3.63) is 10.1 Å².